The summed E-state index contributed by atoms with van der Waals surface area (Å²) in [5.41, 5.74) is 3.03. The number of amides is 3. The Bertz CT molecular complexity index is 1050. The van der Waals surface area contributed by atoms with Gasteiger partial charge in [0.1, 0.15) is 0 Å². The molecule has 1 unspecified atom stereocenters. The molecule has 1 aromatic carbocycles. The molecule has 0 radical (unpaired) electrons. The first-order valence-corrected chi connectivity index (χ1v) is 9.72. The number of carbonyl (C=O) groups excluding carboxylic acids is 2. The number of hydrogen-bond acceptors (Lipinski definition) is 4. The number of piperidine rings is 1. The third-order valence-corrected chi connectivity index (χ3v) is 5.23. The van der Waals surface area contributed by atoms with Crippen molar-refractivity contribution in [3.8, 4) is 0 Å². The van der Waals surface area contributed by atoms with Crippen molar-refractivity contribution in [3.05, 3.63) is 48.3 Å². The molecule has 8 heteroatoms. The highest BCUT2D eigenvalue weighted by Gasteiger charge is 2.28. The predicted octanol–water partition coefficient (Wildman–Crippen LogP) is 3.16. The SMILES string of the molecule is Cc1nn(C)c2ncc(NC(=O)N3CCCC(C(=O)Nc4ccccc4)C3)cc12. The molecule has 8 nitrogen and oxygen atoms in total. The number of fused-ring (bicyclic) bond motifs is 1. The van der Waals surface area contributed by atoms with Crippen molar-refractivity contribution in [2.24, 2.45) is 13.0 Å². The van der Waals surface area contributed by atoms with E-state index in [1.54, 1.807) is 15.8 Å². The summed E-state index contributed by atoms with van der Waals surface area (Å²) in [4.78, 5) is 31.4. The highest BCUT2D eigenvalue weighted by molar-refractivity contribution is 5.95. The van der Waals surface area contributed by atoms with Crippen LogP contribution in [0.4, 0.5) is 16.2 Å². The molecule has 3 amide bonds. The summed E-state index contributed by atoms with van der Waals surface area (Å²) < 4.78 is 1.72. The molecule has 2 aromatic heterocycles. The fourth-order valence-corrected chi connectivity index (χ4v) is 3.72. The van der Waals surface area contributed by atoms with Gasteiger partial charge in [-0.2, -0.15) is 5.10 Å². The Kier molecular flexibility index (Phi) is 5.16. The second-order valence-electron chi connectivity index (χ2n) is 7.37. The molecule has 3 heterocycles. The fourth-order valence-electron chi connectivity index (χ4n) is 3.72. The van der Waals surface area contributed by atoms with E-state index >= 15 is 0 Å². The lowest BCUT2D eigenvalue weighted by molar-refractivity contribution is -0.121. The summed E-state index contributed by atoms with van der Waals surface area (Å²) in [5.74, 6) is -0.279. The number of aromatic nitrogens is 3. The van der Waals surface area contributed by atoms with Crippen LogP contribution in [-0.4, -0.2) is 44.7 Å². The van der Waals surface area contributed by atoms with Crippen molar-refractivity contribution in [3.63, 3.8) is 0 Å². The summed E-state index contributed by atoms with van der Waals surface area (Å²) in [6.07, 6.45) is 3.19. The van der Waals surface area contributed by atoms with Gasteiger partial charge in [-0.1, -0.05) is 18.2 Å². The van der Waals surface area contributed by atoms with Gasteiger partial charge in [-0.3, -0.25) is 9.48 Å². The minimum atomic E-state index is -0.226. The van der Waals surface area contributed by atoms with E-state index in [0.717, 1.165) is 35.3 Å². The van der Waals surface area contributed by atoms with E-state index in [9.17, 15) is 9.59 Å². The summed E-state index contributed by atoms with van der Waals surface area (Å²) in [5, 5.41) is 11.1. The van der Waals surface area contributed by atoms with E-state index in [2.05, 4.69) is 20.7 Å². The molecule has 4 rings (SSSR count). The Morgan fingerprint density at radius 1 is 1.14 bits per heavy atom. The standard InChI is InChI=1S/C21H24N6O2/c1-14-18-11-17(12-22-19(18)26(2)25-14)24-21(29)27-10-6-7-15(13-27)20(28)23-16-8-4-3-5-9-16/h3-5,8-9,11-12,15H,6-7,10,13H2,1-2H3,(H,23,28)(H,24,29). The lowest BCUT2D eigenvalue weighted by Crippen LogP contribution is -2.45. The maximum absolute atomic E-state index is 12.8. The Morgan fingerprint density at radius 3 is 2.72 bits per heavy atom. The number of likely N-dealkylation sites (tertiary alicyclic amines) is 1. The van der Waals surface area contributed by atoms with Crippen LogP contribution < -0.4 is 10.6 Å². The third-order valence-electron chi connectivity index (χ3n) is 5.23. The average Bonchev–Trinajstić information content (AvgIpc) is 3.02. The molecule has 2 N–H and O–H groups in total. The van der Waals surface area contributed by atoms with Crippen LogP contribution in [0, 0.1) is 12.8 Å². The first kappa shape index (κ1) is 18.9. The van der Waals surface area contributed by atoms with Crippen LogP contribution >= 0.6 is 0 Å². The van der Waals surface area contributed by atoms with Crippen molar-refractivity contribution >= 4 is 34.3 Å². The zero-order valence-electron chi connectivity index (χ0n) is 16.6. The number of para-hydroxylation sites is 1. The minimum Gasteiger partial charge on any atom is -0.326 e. The summed E-state index contributed by atoms with van der Waals surface area (Å²) in [7, 11) is 1.84. The second kappa shape index (κ2) is 7.90. The number of nitrogens with zero attached hydrogens (tertiary/aromatic N) is 4. The second-order valence-corrected chi connectivity index (χ2v) is 7.37. The molecule has 1 saturated heterocycles. The zero-order chi connectivity index (χ0) is 20.4. The molecule has 0 spiro atoms. The van der Waals surface area contributed by atoms with Gasteiger partial charge in [0.05, 0.1) is 23.5 Å². The number of aryl methyl sites for hydroxylation is 2. The van der Waals surface area contributed by atoms with Crippen LogP contribution in [0.3, 0.4) is 0 Å². The van der Waals surface area contributed by atoms with Gasteiger partial charge >= 0.3 is 6.03 Å². The molecular formula is C21H24N6O2. The number of carbonyl (C=O) groups is 2. The van der Waals surface area contributed by atoms with E-state index in [1.807, 2.05) is 50.4 Å². The molecule has 1 aliphatic rings. The van der Waals surface area contributed by atoms with Gasteiger partial charge in [0.25, 0.3) is 0 Å². The van der Waals surface area contributed by atoms with E-state index in [0.29, 0.717) is 18.8 Å². The van der Waals surface area contributed by atoms with Crippen LogP contribution in [0.25, 0.3) is 11.0 Å². The molecule has 1 fully saturated rings. The van der Waals surface area contributed by atoms with Crippen molar-refractivity contribution < 1.29 is 9.59 Å². The quantitative estimate of drug-likeness (QED) is 0.716. The highest BCUT2D eigenvalue weighted by Crippen LogP contribution is 2.22. The minimum absolute atomic E-state index is 0.0530. The molecule has 3 aromatic rings. The van der Waals surface area contributed by atoms with Crippen molar-refractivity contribution in [2.75, 3.05) is 23.7 Å². The largest absolute Gasteiger partial charge is 0.326 e. The molecule has 0 bridgehead atoms. The maximum atomic E-state index is 12.8. The first-order chi connectivity index (χ1) is 14.0. The lowest BCUT2D eigenvalue weighted by Gasteiger charge is -2.32. The number of pyridine rings is 1. The Labute approximate surface area is 168 Å². The summed E-state index contributed by atoms with van der Waals surface area (Å²) in [6.45, 7) is 2.94. The van der Waals surface area contributed by atoms with E-state index in [4.69, 9.17) is 0 Å². The number of benzene rings is 1. The van der Waals surface area contributed by atoms with Crippen LogP contribution in [0.15, 0.2) is 42.6 Å². The van der Waals surface area contributed by atoms with Crippen molar-refractivity contribution in [2.45, 2.75) is 19.8 Å². The van der Waals surface area contributed by atoms with Crippen molar-refractivity contribution in [1.29, 1.82) is 0 Å². The van der Waals surface area contributed by atoms with Gasteiger partial charge in [0, 0.05) is 31.2 Å². The number of hydrogen-bond donors (Lipinski definition) is 2. The third kappa shape index (κ3) is 4.06. The van der Waals surface area contributed by atoms with Gasteiger partial charge in [-0.15, -0.1) is 0 Å². The van der Waals surface area contributed by atoms with Crippen molar-refractivity contribution in [1.82, 2.24) is 19.7 Å². The lowest BCUT2D eigenvalue weighted by atomic mass is 9.97. The van der Waals surface area contributed by atoms with E-state index in [1.165, 1.54) is 0 Å². The van der Waals surface area contributed by atoms with Gasteiger partial charge in [-0.25, -0.2) is 9.78 Å². The monoisotopic (exact) mass is 392 g/mol. The van der Waals surface area contributed by atoms with Crippen LogP contribution in [0.5, 0.6) is 0 Å². The number of rotatable bonds is 3. The number of nitrogens with one attached hydrogen (secondary N) is 2. The zero-order valence-corrected chi connectivity index (χ0v) is 16.6. The maximum Gasteiger partial charge on any atom is 0.321 e. The van der Waals surface area contributed by atoms with Gasteiger partial charge in [0.2, 0.25) is 5.91 Å². The average molecular weight is 392 g/mol. The Morgan fingerprint density at radius 2 is 1.93 bits per heavy atom. The molecule has 150 valence electrons. The first-order valence-electron chi connectivity index (χ1n) is 9.72. The highest BCUT2D eigenvalue weighted by atomic mass is 16.2. The van der Waals surface area contributed by atoms with Gasteiger partial charge in [-0.05, 0) is 38.0 Å². The van der Waals surface area contributed by atoms with Crippen LogP contribution in [-0.2, 0) is 11.8 Å². The molecule has 0 aliphatic carbocycles. The fraction of sp³-hybridized carbons (Fsp3) is 0.333. The van der Waals surface area contributed by atoms with Crippen LogP contribution in [0.1, 0.15) is 18.5 Å². The molecule has 29 heavy (non-hydrogen) atoms. The van der Waals surface area contributed by atoms with Gasteiger partial charge < -0.3 is 15.5 Å². The Balaban J connectivity index is 1.41. The molecular weight excluding hydrogens is 368 g/mol. The molecule has 0 saturated carbocycles. The molecule has 1 aliphatic heterocycles. The Hall–Kier alpha value is -3.42. The smallest absolute Gasteiger partial charge is 0.321 e. The number of urea groups is 1. The van der Waals surface area contributed by atoms with Gasteiger partial charge in [0.15, 0.2) is 5.65 Å². The normalized spacial score (nSPS) is 16.6. The topological polar surface area (TPSA) is 92.2 Å². The van der Waals surface area contributed by atoms with E-state index in [-0.39, 0.29) is 17.9 Å². The predicted molar refractivity (Wildman–Crippen MR) is 112 cm³/mol. The van der Waals surface area contributed by atoms with E-state index < -0.39 is 0 Å². The number of anilines is 2. The summed E-state index contributed by atoms with van der Waals surface area (Å²) in [6, 6.07) is 11.0. The summed E-state index contributed by atoms with van der Waals surface area (Å²) >= 11 is 0. The van der Waals surface area contributed by atoms with Crippen LogP contribution in [0.2, 0.25) is 0 Å². The molecule has 1 atom stereocenters.